The Morgan fingerprint density at radius 3 is 1.32 bits per heavy atom. The molecule has 0 aliphatic heterocycles. The number of benzene rings is 3. The summed E-state index contributed by atoms with van der Waals surface area (Å²) in [4.78, 5) is 0. The van der Waals surface area contributed by atoms with E-state index in [1.54, 1.807) is 0 Å². The molecular formula is C34H46. The molecule has 0 unspecified atom stereocenters. The lowest BCUT2D eigenvalue weighted by atomic mass is 10.1. The predicted molar refractivity (Wildman–Crippen MR) is 156 cm³/mol. The molecule has 34 heavy (non-hydrogen) atoms. The van der Waals surface area contributed by atoms with Gasteiger partial charge in [0.2, 0.25) is 0 Å². The Morgan fingerprint density at radius 2 is 0.971 bits per heavy atom. The fraction of sp³-hybridized carbons (Fsp3) is 0.294. The summed E-state index contributed by atoms with van der Waals surface area (Å²) in [6, 6.07) is 27.2. The van der Waals surface area contributed by atoms with Crippen LogP contribution in [0, 0.1) is 27.7 Å². The Balaban J connectivity index is 0.000000472. The van der Waals surface area contributed by atoms with Crippen molar-refractivity contribution in [2.24, 2.45) is 0 Å². The van der Waals surface area contributed by atoms with Crippen molar-refractivity contribution in [2.45, 2.75) is 68.7 Å². The maximum absolute atomic E-state index is 2.21. The molecule has 0 bridgehead atoms. The van der Waals surface area contributed by atoms with Crippen LogP contribution in [0.5, 0.6) is 0 Å². The van der Waals surface area contributed by atoms with Crippen molar-refractivity contribution in [1.82, 2.24) is 0 Å². The SMILES string of the molecule is CC.CC.CC1=C(/C=C/c2ccccc2)C=CC1.Cc1cc(C)cc(C)c1.Cc1ccccc1. The monoisotopic (exact) mass is 454 g/mol. The second-order valence-electron chi connectivity index (χ2n) is 7.91. The zero-order valence-corrected chi connectivity index (χ0v) is 23.0. The van der Waals surface area contributed by atoms with E-state index in [0.29, 0.717) is 0 Å². The number of hydrogen-bond acceptors (Lipinski definition) is 0. The van der Waals surface area contributed by atoms with Gasteiger partial charge in [-0.25, -0.2) is 0 Å². The lowest BCUT2D eigenvalue weighted by Gasteiger charge is -1.96. The Morgan fingerprint density at radius 1 is 0.529 bits per heavy atom. The van der Waals surface area contributed by atoms with E-state index in [0.717, 1.165) is 6.42 Å². The molecule has 0 N–H and O–H groups in total. The molecule has 3 aromatic rings. The summed E-state index contributed by atoms with van der Waals surface area (Å²) >= 11 is 0. The van der Waals surface area contributed by atoms with Crippen molar-refractivity contribution in [1.29, 1.82) is 0 Å². The minimum atomic E-state index is 1.11. The molecule has 182 valence electrons. The molecule has 0 spiro atoms. The maximum atomic E-state index is 2.21. The van der Waals surface area contributed by atoms with E-state index < -0.39 is 0 Å². The number of allylic oxidation sites excluding steroid dienone is 5. The molecule has 0 aromatic heterocycles. The average molecular weight is 455 g/mol. The quantitative estimate of drug-likeness (QED) is 0.361. The van der Waals surface area contributed by atoms with E-state index >= 15 is 0 Å². The molecule has 0 nitrogen and oxygen atoms in total. The molecule has 0 saturated heterocycles. The molecule has 0 atom stereocenters. The summed E-state index contributed by atoms with van der Waals surface area (Å²) in [5, 5.41) is 0. The van der Waals surface area contributed by atoms with Gasteiger partial charge in [-0.3, -0.25) is 0 Å². The lowest BCUT2D eigenvalue weighted by molar-refractivity contribution is 1.24. The zero-order chi connectivity index (χ0) is 25.8. The van der Waals surface area contributed by atoms with Crippen LogP contribution in [0.1, 0.15) is 68.9 Å². The number of aryl methyl sites for hydroxylation is 4. The fourth-order valence-electron chi connectivity index (χ4n) is 3.31. The molecule has 1 aliphatic rings. The van der Waals surface area contributed by atoms with Crippen molar-refractivity contribution < 1.29 is 0 Å². The van der Waals surface area contributed by atoms with Crippen LogP contribution in [-0.2, 0) is 0 Å². The Bertz CT molecular complexity index is 936. The van der Waals surface area contributed by atoms with E-state index in [4.69, 9.17) is 0 Å². The summed E-state index contributed by atoms with van der Waals surface area (Å²) in [7, 11) is 0. The Labute approximate surface area is 210 Å². The highest BCUT2D eigenvalue weighted by molar-refractivity contribution is 5.56. The summed E-state index contributed by atoms with van der Waals surface area (Å²) in [5.41, 5.74) is 9.45. The van der Waals surface area contributed by atoms with Gasteiger partial charge in [-0.05, 0) is 52.2 Å². The van der Waals surface area contributed by atoms with E-state index in [-0.39, 0.29) is 0 Å². The first-order valence-electron chi connectivity index (χ1n) is 12.6. The number of rotatable bonds is 2. The predicted octanol–water partition coefficient (Wildman–Crippen LogP) is 10.6. The molecule has 4 rings (SSSR count). The van der Waals surface area contributed by atoms with Crippen molar-refractivity contribution in [2.75, 3.05) is 0 Å². The fourth-order valence-corrected chi connectivity index (χ4v) is 3.31. The summed E-state index contributed by atoms with van der Waals surface area (Å²) < 4.78 is 0. The second-order valence-corrected chi connectivity index (χ2v) is 7.91. The maximum Gasteiger partial charge on any atom is -0.0129 e. The van der Waals surface area contributed by atoms with Crippen LogP contribution >= 0.6 is 0 Å². The third-order valence-corrected chi connectivity index (χ3v) is 4.78. The second kappa shape index (κ2) is 19.4. The third-order valence-electron chi connectivity index (χ3n) is 4.78. The van der Waals surface area contributed by atoms with E-state index in [2.05, 4.69) is 114 Å². The first-order valence-corrected chi connectivity index (χ1v) is 12.6. The van der Waals surface area contributed by atoms with E-state index in [1.807, 2.05) is 52.0 Å². The molecule has 0 heteroatoms. The normalized spacial score (nSPS) is 11.2. The molecule has 0 radical (unpaired) electrons. The van der Waals surface area contributed by atoms with E-state index in [1.165, 1.54) is 39.0 Å². The highest BCUT2D eigenvalue weighted by atomic mass is 14.0. The molecule has 0 fully saturated rings. The van der Waals surface area contributed by atoms with Crippen molar-refractivity contribution in [3.05, 3.63) is 136 Å². The number of hydrogen-bond donors (Lipinski definition) is 0. The molecule has 0 saturated carbocycles. The Kier molecular flexibility index (Phi) is 17.6. The first-order chi connectivity index (χ1) is 16.4. The van der Waals surface area contributed by atoms with Gasteiger partial charge in [0.15, 0.2) is 0 Å². The highest BCUT2D eigenvalue weighted by Gasteiger charge is 1.99. The average Bonchev–Trinajstić information content (AvgIpc) is 3.26. The largest absolute Gasteiger partial charge is 0.0799 e. The van der Waals surface area contributed by atoms with E-state index in [9.17, 15) is 0 Å². The van der Waals surface area contributed by atoms with Gasteiger partial charge in [-0.1, -0.05) is 159 Å². The standard InChI is InChI=1S/C14H14.C9H12.C7H8.2C2H6/c1-12-6-5-9-14(12)11-10-13-7-3-2-4-8-13;1-7-4-8(2)6-9(3)5-7;1-7-5-3-2-4-6-7;2*1-2/h2-5,7-11H,6H2,1H3;4-6H,1-3H3;2-6H,1H3;2*1-2H3/b11-10+;;;;. The van der Waals surface area contributed by atoms with Gasteiger partial charge in [-0.15, -0.1) is 0 Å². The minimum Gasteiger partial charge on any atom is -0.0799 e. The molecule has 1 aliphatic carbocycles. The first kappa shape index (κ1) is 30.9. The summed E-state index contributed by atoms with van der Waals surface area (Å²) in [6.45, 7) is 18.6. The van der Waals surface area contributed by atoms with Crippen LogP contribution in [0.3, 0.4) is 0 Å². The van der Waals surface area contributed by atoms with Gasteiger partial charge in [0.25, 0.3) is 0 Å². The summed E-state index contributed by atoms with van der Waals surface area (Å²) in [5.74, 6) is 0. The van der Waals surface area contributed by atoms with Crippen LogP contribution in [0.15, 0.2) is 108 Å². The van der Waals surface area contributed by atoms with Gasteiger partial charge in [0.1, 0.15) is 0 Å². The van der Waals surface area contributed by atoms with Gasteiger partial charge in [0, 0.05) is 0 Å². The minimum absolute atomic E-state index is 1.11. The van der Waals surface area contributed by atoms with Crippen LogP contribution in [-0.4, -0.2) is 0 Å². The van der Waals surface area contributed by atoms with Crippen molar-refractivity contribution >= 4 is 6.08 Å². The van der Waals surface area contributed by atoms with Gasteiger partial charge in [0.05, 0.1) is 0 Å². The third kappa shape index (κ3) is 14.1. The van der Waals surface area contributed by atoms with Crippen LogP contribution < -0.4 is 0 Å². The Hall–Kier alpha value is -3.12. The van der Waals surface area contributed by atoms with Gasteiger partial charge in [-0.2, -0.15) is 0 Å². The van der Waals surface area contributed by atoms with Crippen molar-refractivity contribution in [3.63, 3.8) is 0 Å². The smallest absolute Gasteiger partial charge is 0.0129 e. The van der Waals surface area contributed by atoms with Gasteiger partial charge < -0.3 is 0 Å². The van der Waals surface area contributed by atoms with Crippen LogP contribution in [0.2, 0.25) is 0 Å². The topological polar surface area (TPSA) is 0 Å². The lowest BCUT2D eigenvalue weighted by Crippen LogP contribution is -1.78. The molecular weight excluding hydrogens is 408 g/mol. The molecule has 0 heterocycles. The van der Waals surface area contributed by atoms with Crippen LogP contribution in [0.4, 0.5) is 0 Å². The molecule has 3 aromatic carbocycles. The summed E-state index contributed by atoms with van der Waals surface area (Å²) in [6.07, 6.45) is 9.85. The van der Waals surface area contributed by atoms with Crippen LogP contribution in [0.25, 0.3) is 6.08 Å². The molecule has 0 amide bonds. The van der Waals surface area contributed by atoms with Gasteiger partial charge >= 0.3 is 0 Å². The van der Waals surface area contributed by atoms with Crippen molar-refractivity contribution in [3.8, 4) is 0 Å². The highest BCUT2D eigenvalue weighted by Crippen LogP contribution is 2.19. The zero-order valence-electron chi connectivity index (χ0n) is 23.0.